The molecular weight excluding hydrogens is 1290 g/mol. The maximum absolute atomic E-state index is 11.7. The molecule has 1 saturated heterocycles. The molecule has 102 heavy (non-hydrogen) atoms. The minimum atomic E-state index is -0.941. The fourth-order valence-electron chi connectivity index (χ4n) is 11.5. The molecule has 10 rings (SSSR count). The monoisotopic (exact) mass is 1390 g/mol. The average molecular weight is 1390 g/mol. The summed E-state index contributed by atoms with van der Waals surface area (Å²) in [6, 6.07) is 71.0. The molecule has 1 heterocycles. The Morgan fingerprint density at radius 1 is 0.333 bits per heavy atom. The topological polar surface area (TPSA) is 223 Å². The van der Waals surface area contributed by atoms with Crippen LogP contribution in [0.3, 0.4) is 0 Å². The van der Waals surface area contributed by atoms with E-state index in [2.05, 4.69) is 18.2 Å². The van der Waals surface area contributed by atoms with Crippen molar-refractivity contribution in [1.82, 2.24) is 9.80 Å². The maximum atomic E-state index is 11.7. The van der Waals surface area contributed by atoms with Crippen LogP contribution >= 0.6 is 0 Å². The zero-order valence-electron chi connectivity index (χ0n) is 58.6. The molecule has 0 spiro atoms. The first-order valence-corrected chi connectivity index (χ1v) is 35.2. The SMILES string of the molecule is CCOCOc1ccc(Cc2ccc(OCC(O)CN(Cc3cccc(CN(CC(O)COc4ccc(Cc5ccc(OCC(C)O)cc5)cc4)CC(O)COc4ccc(Cc5ccc(OCC6CO6)cc5)cc4)c3)CC(O)COc3ccc(Cc4ccc(OCC(C)O)cc4)cc3)cc2)cc1. The smallest absolute Gasteiger partial charge is 0.189 e. The van der Waals surface area contributed by atoms with Crippen molar-refractivity contribution in [2.75, 3.05) is 92.4 Å². The number of aliphatic hydroxyl groups is 6. The van der Waals surface area contributed by atoms with Crippen molar-refractivity contribution in [3.63, 3.8) is 0 Å². The van der Waals surface area contributed by atoms with Gasteiger partial charge in [-0.1, -0.05) is 121 Å². The summed E-state index contributed by atoms with van der Waals surface area (Å²) in [5.74, 6) is 5.41. The summed E-state index contributed by atoms with van der Waals surface area (Å²) in [6.45, 7) is 9.23. The Balaban J connectivity index is 0.779. The molecule has 0 aromatic heterocycles. The minimum Gasteiger partial charge on any atom is -0.491 e. The minimum absolute atomic E-state index is 0.000142. The lowest BCUT2D eigenvalue weighted by Crippen LogP contribution is -2.41. The number of nitrogens with zero attached hydrogens (tertiary/aromatic N) is 2. The molecule has 0 aliphatic carbocycles. The number of epoxide rings is 1. The van der Waals surface area contributed by atoms with Gasteiger partial charge in [-0.25, -0.2) is 0 Å². The highest BCUT2D eigenvalue weighted by atomic mass is 16.7. The van der Waals surface area contributed by atoms with E-state index in [4.69, 9.17) is 47.4 Å². The van der Waals surface area contributed by atoms with Crippen molar-refractivity contribution < 1.29 is 78.0 Å². The van der Waals surface area contributed by atoms with Crippen molar-refractivity contribution in [2.45, 2.75) is 102 Å². The van der Waals surface area contributed by atoms with E-state index in [1.807, 2.05) is 217 Å². The van der Waals surface area contributed by atoms with Crippen LogP contribution in [0.1, 0.15) is 76.4 Å². The van der Waals surface area contributed by atoms with Crippen molar-refractivity contribution in [2.24, 2.45) is 0 Å². The normalized spacial score (nSPS) is 14.5. The predicted molar refractivity (Wildman–Crippen MR) is 392 cm³/mol. The highest BCUT2D eigenvalue weighted by Gasteiger charge is 2.24. The first-order chi connectivity index (χ1) is 49.6. The molecule has 1 aliphatic heterocycles. The summed E-state index contributed by atoms with van der Waals surface area (Å²) in [5, 5.41) is 65.9. The summed E-state index contributed by atoms with van der Waals surface area (Å²) < 4.78 is 58.0. The second-order valence-electron chi connectivity index (χ2n) is 26.3. The molecular formula is C84H98N2O16. The molecule has 7 unspecified atom stereocenters. The van der Waals surface area contributed by atoms with Crippen LogP contribution in [0.15, 0.2) is 218 Å². The van der Waals surface area contributed by atoms with E-state index in [1.54, 1.807) is 13.8 Å². The lowest BCUT2D eigenvalue weighted by Gasteiger charge is -2.29. The fraction of sp³-hybridized carbons (Fsp3) is 0.357. The van der Waals surface area contributed by atoms with Crippen LogP contribution in [0.2, 0.25) is 0 Å². The summed E-state index contributed by atoms with van der Waals surface area (Å²) in [5.41, 5.74) is 10.7. The summed E-state index contributed by atoms with van der Waals surface area (Å²) in [4.78, 5) is 3.99. The van der Waals surface area contributed by atoms with Crippen LogP contribution < -0.4 is 37.9 Å². The van der Waals surface area contributed by atoms with E-state index in [0.29, 0.717) is 80.1 Å². The van der Waals surface area contributed by atoms with E-state index in [1.165, 1.54) is 0 Å². The van der Waals surface area contributed by atoms with Gasteiger partial charge >= 0.3 is 0 Å². The Labute approximate surface area is 599 Å². The van der Waals surface area contributed by atoms with Crippen molar-refractivity contribution >= 4 is 0 Å². The first kappa shape index (κ1) is 75.6. The fourth-order valence-corrected chi connectivity index (χ4v) is 11.5. The van der Waals surface area contributed by atoms with Gasteiger partial charge in [-0.3, -0.25) is 9.80 Å². The van der Waals surface area contributed by atoms with Gasteiger partial charge in [0.05, 0.1) is 18.8 Å². The third kappa shape index (κ3) is 27.4. The Bertz CT molecular complexity index is 3710. The lowest BCUT2D eigenvalue weighted by atomic mass is 10.0. The lowest BCUT2D eigenvalue weighted by molar-refractivity contribution is 0.0224. The molecule has 1 aliphatic rings. The molecule has 0 radical (unpaired) electrons. The third-order valence-corrected chi connectivity index (χ3v) is 16.8. The van der Waals surface area contributed by atoms with E-state index < -0.39 is 36.6 Å². The quantitative estimate of drug-likeness (QED) is 0.0119. The van der Waals surface area contributed by atoms with E-state index in [9.17, 15) is 30.6 Å². The second kappa shape index (κ2) is 40.0. The zero-order valence-corrected chi connectivity index (χ0v) is 58.6. The van der Waals surface area contributed by atoms with Crippen LogP contribution in [-0.2, 0) is 48.2 Å². The van der Waals surface area contributed by atoms with Gasteiger partial charge in [0.2, 0.25) is 0 Å². The van der Waals surface area contributed by atoms with Crippen molar-refractivity contribution in [3.8, 4) is 46.0 Å². The van der Waals surface area contributed by atoms with E-state index in [-0.39, 0.29) is 78.7 Å². The Kier molecular flexibility index (Phi) is 29.7. The Morgan fingerprint density at radius 3 is 0.824 bits per heavy atom. The van der Waals surface area contributed by atoms with Crippen LogP contribution in [0, 0.1) is 0 Å². The number of ether oxygens (including phenoxy) is 10. The van der Waals surface area contributed by atoms with E-state index in [0.717, 1.165) is 80.2 Å². The van der Waals surface area contributed by atoms with Crippen LogP contribution in [0.4, 0.5) is 0 Å². The van der Waals surface area contributed by atoms with Gasteiger partial charge in [-0.15, -0.1) is 0 Å². The third-order valence-electron chi connectivity index (χ3n) is 16.8. The summed E-state index contributed by atoms with van der Waals surface area (Å²) in [7, 11) is 0. The van der Waals surface area contributed by atoms with Crippen molar-refractivity contribution in [1.29, 1.82) is 0 Å². The molecule has 0 amide bonds. The van der Waals surface area contributed by atoms with Crippen LogP contribution in [0.5, 0.6) is 46.0 Å². The van der Waals surface area contributed by atoms with Gasteiger partial charge in [-0.05, 0) is 199 Å². The molecule has 6 N–H and O–H groups in total. The number of hydrogen-bond acceptors (Lipinski definition) is 18. The van der Waals surface area contributed by atoms with Gasteiger partial charge in [0.1, 0.15) is 123 Å². The number of rotatable bonds is 45. The van der Waals surface area contributed by atoms with Gasteiger partial charge < -0.3 is 78.0 Å². The standard InChI is InChI=1S/C84H98N2O16/c1-4-93-59-102-83-38-22-69(23-39-83)43-67-18-34-81(35-19-67)99-56-75(92)50-86(48-73(90)54-97-79-30-14-65(15-31-79)41-63-10-26-77(27-11-63)95-52-61(3)88)46-71-7-5-6-70(44-71)45-85(47-72(89)53-96-78-28-12-64(13-29-78)40-62-8-24-76(25-9-62)94-51-60(2)87)49-74(91)55-98-80-32-16-66(17-33-80)42-68-20-36-82(37-21-68)100-57-84-58-101-84/h5-39,44,60-61,72-75,84,87-92H,4,40-43,45-59H2,1-3H3. The largest absolute Gasteiger partial charge is 0.491 e. The van der Waals surface area contributed by atoms with Gasteiger partial charge in [0.15, 0.2) is 6.79 Å². The number of hydrogen-bond donors (Lipinski definition) is 6. The molecule has 18 heteroatoms. The maximum Gasteiger partial charge on any atom is 0.189 e. The first-order valence-electron chi connectivity index (χ1n) is 35.2. The van der Waals surface area contributed by atoms with Gasteiger partial charge in [-0.2, -0.15) is 0 Å². The Hall–Kier alpha value is -9.02. The number of benzene rings is 9. The number of aliphatic hydroxyl groups excluding tert-OH is 6. The highest BCUT2D eigenvalue weighted by molar-refractivity contribution is 5.39. The van der Waals surface area contributed by atoms with Crippen molar-refractivity contribution in [3.05, 3.63) is 274 Å². The molecule has 1 fully saturated rings. The molecule has 9 aromatic rings. The summed E-state index contributed by atoms with van der Waals surface area (Å²) >= 11 is 0. The zero-order chi connectivity index (χ0) is 71.3. The molecule has 0 saturated carbocycles. The van der Waals surface area contributed by atoms with Gasteiger partial charge in [0, 0.05) is 45.9 Å². The molecule has 18 nitrogen and oxygen atoms in total. The summed E-state index contributed by atoms with van der Waals surface area (Å²) in [6.07, 6.45) is -1.83. The van der Waals surface area contributed by atoms with Crippen LogP contribution in [-0.4, -0.2) is 176 Å². The highest BCUT2D eigenvalue weighted by Crippen LogP contribution is 2.25. The van der Waals surface area contributed by atoms with Crippen LogP contribution in [0.25, 0.3) is 0 Å². The molecule has 540 valence electrons. The Morgan fingerprint density at radius 2 is 0.578 bits per heavy atom. The second-order valence-corrected chi connectivity index (χ2v) is 26.3. The molecule has 0 bridgehead atoms. The van der Waals surface area contributed by atoms with E-state index >= 15 is 0 Å². The average Bonchev–Trinajstić information content (AvgIpc) is 1.65. The molecule has 9 aromatic carbocycles. The molecule has 7 atom stereocenters. The predicted octanol–water partition coefficient (Wildman–Crippen LogP) is 11.1. The van der Waals surface area contributed by atoms with Gasteiger partial charge in [0.25, 0.3) is 0 Å².